The van der Waals surface area contributed by atoms with Crippen LogP contribution >= 0.6 is 0 Å². The molecule has 0 aromatic heterocycles. The van der Waals surface area contributed by atoms with Crippen molar-refractivity contribution >= 4 is 5.69 Å². The number of piperidine rings is 3. The number of hydrogen-bond acceptors (Lipinski definition) is 4. The molecule has 3 fully saturated rings. The standard InChI is InChI=1S/C24H32N2O2/c1-25(2)21-9-7-20(8-10-21)24(27,16-18-5-4-6-22(15-18)28-3)23-17-26-13-11-19(23)12-14-26/h4-10,15,19,23,27H,11-14,16-17H2,1-3H3. The van der Waals surface area contributed by atoms with Gasteiger partial charge in [0.25, 0.3) is 0 Å². The van der Waals surface area contributed by atoms with E-state index in [2.05, 4.69) is 46.2 Å². The summed E-state index contributed by atoms with van der Waals surface area (Å²) in [7, 11) is 5.79. The second-order valence-electron chi connectivity index (χ2n) is 8.64. The second kappa shape index (κ2) is 7.76. The Morgan fingerprint density at radius 2 is 1.82 bits per heavy atom. The maximum Gasteiger partial charge on any atom is 0.119 e. The van der Waals surface area contributed by atoms with Crippen LogP contribution in [0, 0.1) is 11.8 Å². The summed E-state index contributed by atoms with van der Waals surface area (Å²) in [5, 5.41) is 12.2. The molecule has 3 aliphatic rings. The van der Waals surface area contributed by atoms with Crippen LogP contribution in [-0.4, -0.2) is 50.8 Å². The third-order valence-electron chi connectivity index (χ3n) is 6.76. The number of benzene rings is 2. The van der Waals surface area contributed by atoms with Crippen molar-refractivity contribution in [2.75, 3.05) is 45.7 Å². The van der Waals surface area contributed by atoms with Crippen molar-refractivity contribution in [1.82, 2.24) is 4.90 Å². The van der Waals surface area contributed by atoms with Gasteiger partial charge < -0.3 is 19.6 Å². The lowest BCUT2D eigenvalue weighted by molar-refractivity contribution is -0.101. The molecule has 2 bridgehead atoms. The Balaban J connectivity index is 1.71. The summed E-state index contributed by atoms with van der Waals surface area (Å²) in [5.74, 6) is 1.69. The first-order valence-corrected chi connectivity index (χ1v) is 10.3. The van der Waals surface area contributed by atoms with Gasteiger partial charge in [0.05, 0.1) is 12.7 Å². The number of methoxy groups -OCH3 is 1. The van der Waals surface area contributed by atoms with Crippen molar-refractivity contribution in [3.05, 3.63) is 59.7 Å². The smallest absolute Gasteiger partial charge is 0.119 e. The summed E-state index contributed by atoms with van der Waals surface area (Å²) >= 11 is 0. The molecule has 3 saturated heterocycles. The molecule has 150 valence electrons. The highest BCUT2D eigenvalue weighted by Crippen LogP contribution is 2.45. The SMILES string of the molecule is COc1cccc(CC(O)(c2ccc(N(C)C)cc2)C2CN3CCC2CC3)c1. The Hall–Kier alpha value is -2.04. The highest BCUT2D eigenvalue weighted by molar-refractivity contribution is 5.47. The fourth-order valence-electron chi connectivity index (χ4n) is 5.10. The van der Waals surface area contributed by atoms with Crippen molar-refractivity contribution in [2.45, 2.75) is 24.9 Å². The van der Waals surface area contributed by atoms with Gasteiger partial charge >= 0.3 is 0 Å². The van der Waals surface area contributed by atoms with Gasteiger partial charge in [-0.25, -0.2) is 0 Å². The molecule has 1 N–H and O–H groups in total. The number of fused-ring (bicyclic) bond motifs is 3. The van der Waals surface area contributed by atoms with E-state index in [1.807, 2.05) is 26.2 Å². The number of nitrogens with zero attached hydrogens (tertiary/aromatic N) is 2. The zero-order chi connectivity index (χ0) is 19.7. The summed E-state index contributed by atoms with van der Waals surface area (Å²) in [6, 6.07) is 16.6. The molecule has 4 nitrogen and oxygen atoms in total. The Morgan fingerprint density at radius 1 is 1.11 bits per heavy atom. The molecule has 0 aliphatic carbocycles. The number of ether oxygens (including phenoxy) is 1. The highest BCUT2D eigenvalue weighted by atomic mass is 16.5. The van der Waals surface area contributed by atoms with Crippen molar-refractivity contribution in [3.8, 4) is 5.75 Å². The van der Waals surface area contributed by atoms with Gasteiger partial charge in [0.2, 0.25) is 0 Å². The molecular formula is C24H32N2O2. The van der Waals surface area contributed by atoms with Crippen LogP contribution in [0.3, 0.4) is 0 Å². The molecule has 2 unspecified atom stereocenters. The predicted molar refractivity (Wildman–Crippen MR) is 114 cm³/mol. The number of rotatable bonds is 6. The summed E-state index contributed by atoms with van der Waals surface area (Å²) in [5.41, 5.74) is 2.43. The average Bonchev–Trinajstić information content (AvgIpc) is 2.74. The Morgan fingerprint density at radius 3 is 2.39 bits per heavy atom. The lowest BCUT2D eigenvalue weighted by Gasteiger charge is -2.51. The molecule has 4 heteroatoms. The van der Waals surface area contributed by atoms with E-state index in [4.69, 9.17) is 4.74 Å². The zero-order valence-electron chi connectivity index (χ0n) is 17.3. The molecule has 2 atom stereocenters. The molecule has 0 radical (unpaired) electrons. The lowest BCUT2D eigenvalue weighted by Crippen LogP contribution is -2.55. The molecule has 3 heterocycles. The first-order valence-electron chi connectivity index (χ1n) is 10.3. The van der Waals surface area contributed by atoms with Crippen molar-refractivity contribution in [1.29, 1.82) is 0 Å². The van der Waals surface area contributed by atoms with E-state index in [1.54, 1.807) is 7.11 Å². The largest absolute Gasteiger partial charge is 0.497 e. The average molecular weight is 381 g/mol. The van der Waals surface area contributed by atoms with E-state index in [0.29, 0.717) is 12.3 Å². The molecule has 2 aromatic rings. The van der Waals surface area contributed by atoms with Gasteiger partial charge in [-0.2, -0.15) is 0 Å². The van der Waals surface area contributed by atoms with E-state index in [1.165, 1.54) is 25.9 Å². The van der Waals surface area contributed by atoms with Crippen molar-refractivity contribution in [2.24, 2.45) is 11.8 Å². The third kappa shape index (κ3) is 3.63. The highest BCUT2D eigenvalue weighted by Gasteiger charge is 2.47. The fourth-order valence-corrected chi connectivity index (χ4v) is 5.10. The monoisotopic (exact) mass is 380 g/mol. The van der Waals surface area contributed by atoms with Gasteiger partial charge in [-0.05, 0) is 67.2 Å². The van der Waals surface area contributed by atoms with Crippen molar-refractivity contribution in [3.63, 3.8) is 0 Å². The van der Waals surface area contributed by atoms with Crippen LogP contribution in [-0.2, 0) is 12.0 Å². The molecule has 0 amide bonds. The Bertz CT molecular complexity index is 797. The maximum absolute atomic E-state index is 12.2. The van der Waals surface area contributed by atoms with E-state index in [9.17, 15) is 5.11 Å². The van der Waals surface area contributed by atoms with Crippen LogP contribution in [0.15, 0.2) is 48.5 Å². The molecule has 2 aromatic carbocycles. The number of anilines is 1. The van der Waals surface area contributed by atoms with Gasteiger partial charge in [-0.1, -0.05) is 24.3 Å². The second-order valence-corrected chi connectivity index (χ2v) is 8.64. The van der Waals surface area contributed by atoms with Gasteiger partial charge in [-0.3, -0.25) is 0 Å². The topological polar surface area (TPSA) is 35.9 Å². The minimum Gasteiger partial charge on any atom is -0.497 e. The molecule has 0 spiro atoms. The van der Waals surface area contributed by atoms with E-state index in [0.717, 1.165) is 29.1 Å². The first-order chi connectivity index (χ1) is 13.5. The van der Waals surface area contributed by atoms with Crippen LogP contribution in [0.5, 0.6) is 5.75 Å². The number of hydrogen-bond donors (Lipinski definition) is 1. The van der Waals surface area contributed by atoms with Gasteiger partial charge in [0.15, 0.2) is 0 Å². The minimum absolute atomic E-state index is 0.256. The number of aliphatic hydroxyl groups is 1. The van der Waals surface area contributed by atoms with Crippen LogP contribution < -0.4 is 9.64 Å². The van der Waals surface area contributed by atoms with Crippen LogP contribution in [0.25, 0.3) is 0 Å². The zero-order valence-corrected chi connectivity index (χ0v) is 17.3. The summed E-state index contributed by atoms with van der Waals surface area (Å²) < 4.78 is 5.42. The minimum atomic E-state index is -0.874. The van der Waals surface area contributed by atoms with E-state index in [-0.39, 0.29) is 5.92 Å². The normalized spacial score (nSPS) is 25.9. The van der Waals surface area contributed by atoms with E-state index >= 15 is 0 Å². The van der Waals surface area contributed by atoms with E-state index < -0.39 is 5.60 Å². The van der Waals surface area contributed by atoms with Crippen LogP contribution in [0.1, 0.15) is 24.0 Å². The molecule has 0 saturated carbocycles. The fraction of sp³-hybridized carbons (Fsp3) is 0.500. The molecule has 28 heavy (non-hydrogen) atoms. The predicted octanol–water partition coefficient (Wildman–Crippen LogP) is 3.53. The third-order valence-corrected chi connectivity index (χ3v) is 6.76. The summed E-state index contributed by atoms with van der Waals surface area (Å²) in [6.07, 6.45) is 3.00. The molecule has 5 rings (SSSR count). The van der Waals surface area contributed by atoms with Gasteiger partial charge in [-0.15, -0.1) is 0 Å². The Kier molecular flexibility index (Phi) is 5.35. The van der Waals surface area contributed by atoms with Gasteiger partial charge in [0, 0.05) is 38.7 Å². The molecular weight excluding hydrogens is 348 g/mol. The first kappa shape index (κ1) is 19.3. The lowest BCUT2D eigenvalue weighted by atomic mass is 9.66. The maximum atomic E-state index is 12.2. The quantitative estimate of drug-likeness (QED) is 0.832. The summed E-state index contributed by atoms with van der Waals surface area (Å²) in [6.45, 7) is 3.34. The Labute approximate surface area is 168 Å². The van der Waals surface area contributed by atoms with Crippen LogP contribution in [0.2, 0.25) is 0 Å². The van der Waals surface area contributed by atoms with Crippen molar-refractivity contribution < 1.29 is 9.84 Å². The molecule has 3 aliphatic heterocycles. The van der Waals surface area contributed by atoms with Gasteiger partial charge in [0.1, 0.15) is 5.75 Å². The summed E-state index contributed by atoms with van der Waals surface area (Å²) in [4.78, 5) is 4.62. The van der Waals surface area contributed by atoms with Crippen LogP contribution in [0.4, 0.5) is 5.69 Å².